The SMILES string of the molecule is CC(=NC(N)=O)c1ccc(C)cc1. The number of nitrogens with zero attached hydrogens (tertiary/aromatic N) is 1. The number of carbonyl (C=O) groups excluding carboxylic acids is 1. The topological polar surface area (TPSA) is 55.4 Å². The lowest BCUT2D eigenvalue weighted by Gasteiger charge is -1.99. The van der Waals surface area contributed by atoms with E-state index in [0.717, 1.165) is 5.56 Å². The molecule has 0 unspecified atom stereocenters. The molecule has 0 heterocycles. The van der Waals surface area contributed by atoms with Gasteiger partial charge in [-0.2, -0.15) is 4.99 Å². The maximum Gasteiger partial charge on any atom is 0.338 e. The van der Waals surface area contributed by atoms with Crippen molar-refractivity contribution in [2.24, 2.45) is 10.7 Å². The minimum atomic E-state index is -0.655. The number of nitrogens with two attached hydrogens (primary N) is 1. The molecule has 0 aliphatic rings. The fourth-order valence-electron chi connectivity index (χ4n) is 1.02. The first-order valence-corrected chi connectivity index (χ1v) is 4.01. The Morgan fingerprint density at radius 3 is 2.31 bits per heavy atom. The molecule has 0 saturated carbocycles. The second-order valence-electron chi connectivity index (χ2n) is 2.90. The van der Waals surface area contributed by atoms with E-state index in [1.165, 1.54) is 5.56 Å². The Morgan fingerprint density at radius 1 is 1.31 bits per heavy atom. The number of amides is 2. The summed E-state index contributed by atoms with van der Waals surface area (Å²) in [6.07, 6.45) is 0. The van der Waals surface area contributed by atoms with E-state index >= 15 is 0 Å². The van der Waals surface area contributed by atoms with Crippen molar-refractivity contribution in [3.8, 4) is 0 Å². The van der Waals surface area contributed by atoms with Crippen LogP contribution in [0.1, 0.15) is 18.1 Å². The summed E-state index contributed by atoms with van der Waals surface area (Å²) in [5.41, 5.74) is 7.68. The van der Waals surface area contributed by atoms with Crippen LogP contribution in [0.15, 0.2) is 29.3 Å². The van der Waals surface area contributed by atoms with Crippen molar-refractivity contribution in [2.45, 2.75) is 13.8 Å². The lowest BCUT2D eigenvalue weighted by molar-refractivity contribution is 0.256. The van der Waals surface area contributed by atoms with Crippen LogP contribution in [0.3, 0.4) is 0 Å². The highest BCUT2D eigenvalue weighted by atomic mass is 16.2. The quantitative estimate of drug-likeness (QED) is 0.652. The van der Waals surface area contributed by atoms with Gasteiger partial charge in [0.15, 0.2) is 0 Å². The Kier molecular flexibility index (Phi) is 2.80. The molecule has 1 aromatic rings. The van der Waals surface area contributed by atoms with E-state index in [2.05, 4.69) is 4.99 Å². The van der Waals surface area contributed by atoms with Gasteiger partial charge in [-0.05, 0) is 19.4 Å². The van der Waals surface area contributed by atoms with Crippen LogP contribution in [0.2, 0.25) is 0 Å². The second kappa shape index (κ2) is 3.85. The van der Waals surface area contributed by atoms with Crippen LogP contribution in [-0.2, 0) is 0 Å². The highest BCUT2D eigenvalue weighted by Gasteiger charge is 1.97. The number of aliphatic imine (C=N–C) groups is 1. The van der Waals surface area contributed by atoms with Gasteiger partial charge in [0.1, 0.15) is 0 Å². The molecule has 0 aliphatic carbocycles. The van der Waals surface area contributed by atoms with Gasteiger partial charge in [-0.3, -0.25) is 0 Å². The average Bonchev–Trinajstić information content (AvgIpc) is 2.04. The lowest BCUT2D eigenvalue weighted by atomic mass is 10.1. The highest BCUT2D eigenvalue weighted by molar-refractivity contribution is 6.04. The third-order valence-corrected chi connectivity index (χ3v) is 1.75. The van der Waals surface area contributed by atoms with Gasteiger partial charge in [0.25, 0.3) is 0 Å². The van der Waals surface area contributed by atoms with Gasteiger partial charge in [-0.1, -0.05) is 29.8 Å². The largest absolute Gasteiger partial charge is 0.350 e. The van der Waals surface area contributed by atoms with Crippen molar-refractivity contribution >= 4 is 11.7 Å². The predicted molar refractivity (Wildman–Crippen MR) is 53.0 cm³/mol. The van der Waals surface area contributed by atoms with Gasteiger partial charge < -0.3 is 5.73 Å². The molecule has 13 heavy (non-hydrogen) atoms. The van der Waals surface area contributed by atoms with Crippen molar-refractivity contribution in [1.82, 2.24) is 0 Å². The Labute approximate surface area is 77.3 Å². The second-order valence-corrected chi connectivity index (χ2v) is 2.90. The molecule has 68 valence electrons. The van der Waals surface area contributed by atoms with Crippen LogP contribution >= 0.6 is 0 Å². The number of hydrogen-bond donors (Lipinski definition) is 1. The van der Waals surface area contributed by atoms with Gasteiger partial charge in [0, 0.05) is 0 Å². The molecule has 0 atom stereocenters. The Balaban J connectivity index is 2.96. The minimum absolute atomic E-state index is 0.646. The van der Waals surface area contributed by atoms with E-state index in [4.69, 9.17) is 5.73 Å². The molecule has 0 bridgehead atoms. The molecular weight excluding hydrogens is 164 g/mol. The summed E-state index contributed by atoms with van der Waals surface area (Å²) in [5, 5.41) is 0. The minimum Gasteiger partial charge on any atom is -0.350 e. The molecule has 3 heteroatoms. The number of rotatable bonds is 1. The predicted octanol–water partition coefficient (Wildman–Crippen LogP) is 1.88. The molecule has 1 rings (SSSR count). The van der Waals surface area contributed by atoms with Crippen molar-refractivity contribution in [1.29, 1.82) is 0 Å². The first-order valence-electron chi connectivity index (χ1n) is 4.01. The number of hydrogen-bond acceptors (Lipinski definition) is 1. The molecule has 0 saturated heterocycles. The van der Waals surface area contributed by atoms with E-state index in [1.54, 1.807) is 6.92 Å². The molecule has 0 radical (unpaired) electrons. The van der Waals surface area contributed by atoms with Gasteiger partial charge in [0.05, 0.1) is 5.71 Å². The van der Waals surface area contributed by atoms with E-state index < -0.39 is 6.03 Å². The van der Waals surface area contributed by atoms with Gasteiger partial charge in [0.2, 0.25) is 0 Å². The normalized spacial score (nSPS) is 11.4. The van der Waals surface area contributed by atoms with E-state index in [9.17, 15) is 4.79 Å². The maximum absolute atomic E-state index is 10.5. The molecule has 0 aliphatic heterocycles. The van der Waals surface area contributed by atoms with Crippen molar-refractivity contribution in [2.75, 3.05) is 0 Å². The van der Waals surface area contributed by atoms with Crippen LogP contribution in [0.5, 0.6) is 0 Å². The Hall–Kier alpha value is -1.64. The smallest absolute Gasteiger partial charge is 0.338 e. The molecule has 2 amide bonds. The van der Waals surface area contributed by atoms with Crippen LogP contribution in [0, 0.1) is 6.92 Å². The molecular formula is C10H12N2O. The number of benzene rings is 1. The molecule has 2 N–H and O–H groups in total. The maximum atomic E-state index is 10.5. The number of primary amides is 1. The van der Waals surface area contributed by atoms with Crippen LogP contribution < -0.4 is 5.73 Å². The fourth-order valence-corrected chi connectivity index (χ4v) is 1.02. The average molecular weight is 176 g/mol. The van der Waals surface area contributed by atoms with E-state index in [1.807, 2.05) is 31.2 Å². The summed E-state index contributed by atoms with van der Waals surface area (Å²) >= 11 is 0. The molecule has 3 nitrogen and oxygen atoms in total. The van der Waals surface area contributed by atoms with E-state index in [0.29, 0.717) is 5.71 Å². The molecule has 0 aromatic heterocycles. The monoisotopic (exact) mass is 176 g/mol. The van der Waals surface area contributed by atoms with Crippen molar-refractivity contribution < 1.29 is 4.79 Å². The third-order valence-electron chi connectivity index (χ3n) is 1.75. The summed E-state index contributed by atoms with van der Waals surface area (Å²) in [5.74, 6) is 0. The highest BCUT2D eigenvalue weighted by Crippen LogP contribution is 2.04. The Morgan fingerprint density at radius 2 is 1.85 bits per heavy atom. The first kappa shape index (κ1) is 9.45. The van der Waals surface area contributed by atoms with Crippen molar-refractivity contribution in [3.05, 3.63) is 35.4 Å². The zero-order valence-corrected chi connectivity index (χ0v) is 7.74. The summed E-state index contributed by atoms with van der Waals surface area (Å²) in [6, 6.07) is 7.11. The van der Waals surface area contributed by atoms with Gasteiger partial charge in [-0.15, -0.1) is 0 Å². The lowest BCUT2D eigenvalue weighted by Crippen LogP contribution is -2.08. The van der Waals surface area contributed by atoms with Gasteiger partial charge >= 0.3 is 6.03 Å². The van der Waals surface area contributed by atoms with Crippen molar-refractivity contribution in [3.63, 3.8) is 0 Å². The third kappa shape index (κ3) is 2.71. The number of aryl methyl sites for hydroxylation is 1. The van der Waals surface area contributed by atoms with Crippen LogP contribution in [0.4, 0.5) is 4.79 Å². The standard InChI is InChI=1S/C10H12N2O/c1-7-3-5-9(6-4-7)8(2)12-10(11)13/h3-6H,1-2H3,(H2,11,13). The summed E-state index contributed by atoms with van der Waals surface area (Å²) in [7, 11) is 0. The van der Waals surface area contributed by atoms with Gasteiger partial charge in [-0.25, -0.2) is 4.79 Å². The fraction of sp³-hybridized carbons (Fsp3) is 0.200. The van der Waals surface area contributed by atoms with E-state index in [-0.39, 0.29) is 0 Å². The first-order chi connectivity index (χ1) is 6.09. The van der Waals surface area contributed by atoms with Crippen LogP contribution in [0.25, 0.3) is 0 Å². The summed E-state index contributed by atoms with van der Waals surface area (Å²) < 4.78 is 0. The van der Waals surface area contributed by atoms with Crippen LogP contribution in [-0.4, -0.2) is 11.7 Å². The summed E-state index contributed by atoms with van der Waals surface area (Å²) in [6.45, 7) is 3.76. The number of urea groups is 1. The molecule has 1 aromatic carbocycles. The number of carbonyl (C=O) groups is 1. The Bertz CT molecular complexity index is 338. The zero-order valence-electron chi connectivity index (χ0n) is 7.74. The summed E-state index contributed by atoms with van der Waals surface area (Å²) in [4.78, 5) is 14.1. The molecule has 0 spiro atoms. The zero-order chi connectivity index (χ0) is 9.84. The molecule has 0 fully saturated rings.